The Morgan fingerprint density at radius 2 is 2.00 bits per heavy atom. The van der Waals surface area contributed by atoms with Crippen molar-refractivity contribution in [1.82, 2.24) is 20.2 Å². The molecule has 2 aliphatic rings. The maximum absolute atomic E-state index is 13.8. The van der Waals surface area contributed by atoms with Gasteiger partial charge in [-0.05, 0) is 68.8 Å². The van der Waals surface area contributed by atoms with Gasteiger partial charge >= 0.3 is 6.18 Å². The minimum Gasteiger partial charge on any atom is -0.444 e. The van der Waals surface area contributed by atoms with Gasteiger partial charge in [0.1, 0.15) is 5.69 Å². The van der Waals surface area contributed by atoms with E-state index in [0.717, 1.165) is 37.6 Å². The van der Waals surface area contributed by atoms with Crippen LogP contribution in [-0.2, 0) is 0 Å². The molecule has 196 valence electrons. The monoisotopic (exact) mass is 521 g/mol. The highest BCUT2D eigenvalue weighted by Gasteiger charge is 2.38. The van der Waals surface area contributed by atoms with Gasteiger partial charge in [-0.15, -0.1) is 0 Å². The quantitative estimate of drug-likeness (QED) is 0.422. The number of carbonyl (C=O) groups is 1. The van der Waals surface area contributed by atoms with E-state index in [1.165, 1.54) is 12.6 Å². The molecule has 1 amide bonds. The number of aromatic nitrogens is 2. The predicted molar refractivity (Wildman–Crippen MR) is 136 cm³/mol. The van der Waals surface area contributed by atoms with Crippen LogP contribution < -0.4 is 5.32 Å². The van der Waals surface area contributed by atoms with Crippen LogP contribution in [0.2, 0.25) is 0 Å². The summed E-state index contributed by atoms with van der Waals surface area (Å²) in [5.74, 6) is -0.267. The Morgan fingerprint density at radius 3 is 2.71 bits per heavy atom. The number of nitrogens with one attached hydrogen (secondary N) is 2. The van der Waals surface area contributed by atoms with Crippen LogP contribution in [0.4, 0.5) is 13.2 Å². The standard InChI is InChI=1S/C28H26F3N5O2/c1-17-11-18(24-15-33-16-38-24)13-19(12-17)25(32)21-5-4-8-34-26(21)27(37)35-23-14-20(36-9-2-3-10-36)6-7-22(23)28(29,30)31/h4-8,11-13,15-16,20,32H,2-3,9-10,14H2,1H3,(H,35,37). The Hall–Kier alpha value is -4.05. The number of nitrogens with zero attached hydrogens (tertiary/aromatic N) is 3. The third kappa shape index (κ3) is 5.31. The van der Waals surface area contributed by atoms with Crippen molar-refractivity contribution in [1.29, 1.82) is 5.41 Å². The molecule has 1 fully saturated rings. The summed E-state index contributed by atoms with van der Waals surface area (Å²) in [6, 6.07) is 8.33. The first-order chi connectivity index (χ1) is 18.2. The van der Waals surface area contributed by atoms with Gasteiger partial charge in [0.25, 0.3) is 5.91 Å². The molecule has 0 radical (unpaired) electrons. The van der Waals surface area contributed by atoms with E-state index < -0.39 is 17.7 Å². The van der Waals surface area contributed by atoms with Gasteiger partial charge in [0.05, 0.1) is 17.5 Å². The molecule has 0 saturated carbocycles. The molecule has 0 spiro atoms. The highest BCUT2D eigenvalue weighted by Crippen LogP contribution is 2.34. The Bertz CT molecular complexity index is 1420. The highest BCUT2D eigenvalue weighted by atomic mass is 19.4. The Labute approximate surface area is 217 Å². The van der Waals surface area contributed by atoms with E-state index in [1.807, 2.05) is 13.0 Å². The Kier molecular flexibility index (Phi) is 6.98. The number of likely N-dealkylation sites (tertiary alicyclic amines) is 1. The molecule has 1 unspecified atom stereocenters. The number of oxazole rings is 1. The zero-order valence-electron chi connectivity index (χ0n) is 20.7. The van der Waals surface area contributed by atoms with Crippen molar-refractivity contribution in [3.8, 4) is 11.3 Å². The minimum absolute atomic E-state index is 0.0104. The molecule has 3 aromatic rings. The van der Waals surface area contributed by atoms with E-state index in [2.05, 4.69) is 20.2 Å². The van der Waals surface area contributed by atoms with Gasteiger partial charge in [0.2, 0.25) is 0 Å². The predicted octanol–water partition coefficient (Wildman–Crippen LogP) is 5.43. The molecule has 2 aromatic heterocycles. The molecular formula is C28H26F3N5O2. The van der Waals surface area contributed by atoms with Gasteiger partial charge < -0.3 is 9.73 Å². The number of allylic oxidation sites excluding steroid dienone is 2. The molecule has 1 aliphatic carbocycles. The second-order valence-electron chi connectivity index (χ2n) is 9.45. The first-order valence-corrected chi connectivity index (χ1v) is 12.3. The molecule has 1 aromatic carbocycles. The molecule has 1 aliphatic heterocycles. The molecule has 1 atom stereocenters. The van der Waals surface area contributed by atoms with Gasteiger partial charge in [-0.3, -0.25) is 20.1 Å². The molecule has 0 bridgehead atoms. The second kappa shape index (κ2) is 10.4. The molecule has 1 saturated heterocycles. The molecule has 2 N–H and O–H groups in total. The van der Waals surface area contributed by atoms with E-state index in [9.17, 15) is 18.0 Å². The normalized spacial score (nSPS) is 18.2. The zero-order valence-corrected chi connectivity index (χ0v) is 20.7. The van der Waals surface area contributed by atoms with Crippen LogP contribution in [-0.4, -0.2) is 51.8 Å². The van der Waals surface area contributed by atoms with Crippen molar-refractivity contribution in [2.24, 2.45) is 0 Å². The summed E-state index contributed by atoms with van der Waals surface area (Å²) in [5, 5.41) is 11.3. The first-order valence-electron chi connectivity index (χ1n) is 12.3. The number of rotatable bonds is 6. The number of aryl methyl sites for hydroxylation is 1. The lowest BCUT2D eigenvalue weighted by atomic mass is 9.95. The van der Waals surface area contributed by atoms with Gasteiger partial charge in [-0.1, -0.05) is 12.2 Å². The lowest BCUT2D eigenvalue weighted by Crippen LogP contribution is -2.38. The van der Waals surface area contributed by atoms with Crippen LogP contribution in [0.15, 0.2) is 77.0 Å². The van der Waals surface area contributed by atoms with Gasteiger partial charge in [0.15, 0.2) is 12.2 Å². The number of alkyl halides is 3. The third-order valence-electron chi connectivity index (χ3n) is 6.78. The number of pyridine rings is 1. The fourth-order valence-electron chi connectivity index (χ4n) is 4.97. The fraction of sp³-hybridized carbons (Fsp3) is 0.286. The average Bonchev–Trinajstić information content (AvgIpc) is 3.62. The van der Waals surface area contributed by atoms with E-state index in [1.54, 1.807) is 36.5 Å². The average molecular weight is 522 g/mol. The van der Waals surface area contributed by atoms with Crippen LogP contribution in [0, 0.1) is 12.3 Å². The summed E-state index contributed by atoms with van der Waals surface area (Å²) >= 11 is 0. The fourth-order valence-corrected chi connectivity index (χ4v) is 4.97. The number of amides is 1. The summed E-state index contributed by atoms with van der Waals surface area (Å²) in [7, 11) is 0. The SMILES string of the molecule is Cc1cc(C(=N)c2cccnc2C(=O)NC2=C(C(F)(F)F)C=CC(N3CCCC3)C2)cc(-c2cnco2)c1. The van der Waals surface area contributed by atoms with Crippen LogP contribution in [0.1, 0.15) is 46.4 Å². The number of carbonyl (C=O) groups excluding carboxylic acids is 1. The van der Waals surface area contributed by atoms with Crippen molar-refractivity contribution >= 4 is 11.6 Å². The second-order valence-corrected chi connectivity index (χ2v) is 9.45. The van der Waals surface area contributed by atoms with Crippen molar-refractivity contribution in [2.75, 3.05) is 13.1 Å². The van der Waals surface area contributed by atoms with Gasteiger partial charge in [-0.25, -0.2) is 4.98 Å². The van der Waals surface area contributed by atoms with Crippen LogP contribution in [0.25, 0.3) is 11.3 Å². The topological polar surface area (TPSA) is 95.1 Å². The van der Waals surface area contributed by atoms with E-state index >= 15 is 0 Å². The van der Waals surface area contributed by atoms with E-state index in [-0.39, 0.29) is 35.1 Å². The number of benzene rings is 1. The summed E-state index contributed by atoms with van der Waals surface area (Å²) in [4.78, 5) is 23.6. The maximum Gasteiger partial charge on any atom is 0.418 e. The summed E-state index contributed by atoms with van der Waals surface area (Å²) < 4.78 is 46.9. The lowest BCUT2D eigenvalue weighted by molar-refractivity contribution is -0.0897. The first kappa shape index (κ1) is 25.6. The molecule has 10 heteroatoms. The van der Waals surface area contributed by atoms with Gasteiger partial charge in [-0.2, -0.15) is 13.2 Å². The lowest BCUT2D eigenvalue weighted by Gasteiger charge is -2.30. The van der Waals surface area contributed by atoms with Gasteiger partial charge in [0, 0.05) is 41.0 Å². The molecule has 7 nitrogen and oxygen atoms in total. The largest absolute Gasteiger partial charge is 0.444 e. The van der Waals surface area contributed by atoms with Crippen LogP contribution in [0.3, 0.4) is 0 Å². The van der Waals surface area contributed by atoms with Crippen LogP contribution >= 0.6 is 0 Å². The Morgan fingerprint density at radius 1 is 1.21 bits per heavy atom. The van der Waals surface area contributed by atoms with Crippen molar-refractivity contribution < 1.29 is 22.4 Å². The summed E-state index contributed by atoms with van der Waals surface area (Å²) in [5.41, 5.74) is 1.10. The highest BCUT2D eigenvalue weighted by molar-refractivity contribution is 6.16. The summed E-state index contributed by atoms with van der Waals surface area (Å²) in [6.07, 6.45) is 4.29. The number of halogens is 3. The van der Waals surface area contributed by atoms with Crippen molar-refractivity contribution in [3.05, 3.63) is 94.9 Å². The smallest absolute Gasteiger partial charge is 0.418 e. The van der Waals surface area contributed by atoms with E-state index in [0.29, 0.717) is 16.9 Å². The Balaban J connectivity index is 1.45. The zero-order chi connectivity index (χ0) is 26.9. The van der Waals surface area contributed by atoms with E-state index in [4.69, 9.17) is 9.83 Å². The maximum atomic E-state index is 13.8. The van der Waals surface area contributed by atoms with Crippen molar-refractivity contribution in [2.45, 2.75) is 38.4 Å². The number of hydrogen-bond donors (Lipinski definition) is 2. The molecular weight excluding hydrogens is 495 g/mol. The molecule has 3 heterocycles. The minimum atomic E-state index is -4.62. The molecule has 5 rings (SSSR count). The van der Waals surface area contributed by atoms with Crippen molar-refractivity contribution in [3.63, 3.8) is 0 Å². The summed E-state index contributed by atoms with van der Waals surface area (Å²) in [6.45, 7) is 3.49. The molecule has 38 heavy (non-hydrogen) atoms. The third-order valence-corrected chi connectivity index (χ3v) is 6.78. The van der Waals surface area contributed by atoms with Crippen LogP contribution in [0.5, 0.6) is 0 Å². The number of hydrogen-bond acceptors (Lipinski definition) is 6.